The van der Waals surface area contributed by atoms with E-state index in [0.717, 1.165) is 12.8 Å². The molecule has 3 rings (SSSR count). The molecule has 7 nitrogen and oxygen atoms in total. The number of amides is 1. The number of hydrogen-bond acceptors (Lipinski definition) is 6. The van der Waals surface area contributed by atoms with Crippen LogP contribution in [0.1, 0.15) is 38.5 Å². The van der Waals surface area contributed by atoms with Gasteiger partial charge < -0.3 is 14.2 Å². The molecule has 0 N–H and O–H groups in total. The normalized spacial score (nSPS) is 16.8. The molecular formula is C20H24FN3O4. The third-order valence-corrected chi connectivity index (χ3v) is 4.77. The molecule has 1 saturated heterocycles. The first-order chi connectivity index (χ1) is 13.6. The van der Waals surface area contributed by atoms with Crippen LogP contribution in [0, 0.1) is 11.7 Å². The van der Waals surface area contributed by atoms with Gasteiger partial charge in [0.1, 0.15) is 5.82 Å². The van der Waals surface area contributed by atoms with Crippen LogP contribution in [0.5, 0.6) is 0 Å². The molecule has 28 heavy (non-hydrogen) atoms. The zero-order chi connectivity index (χ0) is 19.9. The minimum atomic E-state index is -0.397. The standard InChI is InChI=1S/C20H24FN3O4/c1-2-27-19(26)10-9-18(25)24-11-5-6-14(13-24)12-17-22-20(23-28-17)15-7-3-4-8-16(15)21/h3-4,7-8,14H,2,5-6,9-13H2,1H3/t14-/m1/s1. The summed E-state index contributed by atoms with van der Waals surface area (Å²) >= 11 is 0. The number of benzene rings is 1. The third-order valence-electron chi connectivity index (χ3n) is 4.77. The van der Waals surface area contributed by atoms with Crippen LogP contribution < -0.4 is 0 Å². The van der Waals surface area contributed by atoms with E-state index in [2.05, 4.69) is 10.1 Å². The van der Waals surface area contributed by atoms with E-state index in [9.17, 15) is 14.0 Å². The summed E-state index contributed by atoms with van der Waals surface area (Å²) in [5, 5.41) is 3.88. The number of esters is 1. The summed E-state index contributed by atoms with van der Waals surface area (Å²) in [6.07, 6.45) is 2.61. The highest BCUT2D eigenvalue weighted by atomic mass is 19.1. The monoisotopic (exact) mass is 389 g/mol. The van der Waals surface area contributed by atoms with E-state index in [1.807, 2.05) is 0 Å². The highest BCUT2D eigenvalue weighted by Crippen LogP contribution is 2.24. The van der Waals surface area contributed by atoms with Crippen LogP contribution in [0.4, 0.5) is 4.39 Å². The Labute approximate surface area is 162 Å². The predicted octanol–water partition coefficient (Wildman–Crippen LogP) is 3.00. The molecule has 8 heteroatoms. The molecule has 2 aromatic rings. The lowest BCUT2D eigenvalue weighted by Gasteiger charge is -2.32. The number of halogens is 1. The Morgan fingerprint density at radius 3 is 2.93 bits per heavy atom. The molecule has 1 aromatic heterocycles. The van der Waals surface area contributed by atoms with Gasteiger partial charge in [-0.2, -0.15) is 4.98 Å². The molecule has 1 aromatic carbocycles. The fourth-order valence-electron chi connectivity index (χ4n) is 3.40. The van der Waals surface area contributed by atoms with Crippen molar-refractivity contribution in [2.45, 2.75) is 39.0 Å². The highest BCUT2D eigenvalue weighted by molar-refractivity contribution is 5.81. The Balaban J connectivity index is 1.55. The van der Waals surface area contributed by atoms with E-state index >= 15 is 0 Å². The zero-order valence-electron chi connectivity index (χ0n) is 15.9. The van der Waals surface area contributed by atoms with E-state index in [4.69, 9.17) is 9.26 Å². The van der Waals surface area contributed by atoms with Gasteiger partial charge in [-0.25, -0.2) is 4.39 Å². The average molecular weight is 389 g/mol. The van der Waals surface area contributed by atoms with E-state index < -0.39 is 5.82 Å². The maximum absolute atomic E-state index is 13.9. The molecule has 1 atom stereocenters. The molecule has 2 heterocycles. The fraction of sp³-hybridized carbons (Fsp3) is 0.500. The van der Waals surface area contributed by atoms with Crippen molar-refractivity contribution >= 4 is 11.9 Å². The molecule has 1 fully saturated rings. The van der Waals surface area contributed by atoms with Crippen LogP contribution in [0.3, 0.4) is 0 Å². The number of ether oxygens (including phenoxy) is 1. The van der Waals surface area contributed by atoms with Gasteiger partial charge in [0, 0.05) is 25.9 Å². The molecule has 0 saturated carbocycles. The van der Waals surface area contributed by atoms with Crippen molar-refractivity contribution in [3.63, 3.8) is 0 Å². The molecule has 0 unspecified atom stereocenters. The third kappa shape index (κ3) is 5.15. The molecular weight excluding hydrogens is 365 g/mol. The van der Waals surface area contributed by atoms with Crippen molar-refractivity contribution in [1.82, 2.24) is 15.0 Å². The average Bonchev–Trinajstić information content (AvgIpc) is 3.15. The zero-order valence-corrected chi connectivity index (χ0v) is 15.9. The summed E-state index contributed by atoms with van der Waals surface area (Å²) in [5.41, 5.74) is 0.303. The number of aromatic nitrogens is 2. The van der Waals surface area contributed by atoms with Crippen LogP contribution in [-0.2, 0) is 20.7 Å². The lowest BCUT2D eigenvalue weighted by atomic mass is 9.94. The van der Waals surface area contributed by atoms with Crippen molar-refractivity contribution in [1.29, 1.82) is 0 Å². The Hall–Kier alpha value is -2.77. The maximum atomic E-state index is 13.9. The van der Waals surface area contributed by atoms with E-state index in [1.165, 1.54) is 6.07 Å². The number of likely N-dealkylation sites (tertiary alicyclic amines) is 1. The maximum Gasteiger partial charge on any atom is 0.306 e. The van der Waals surface area contributed by atoms with Gasteiger partial charge in [-0.05, 0) is 37.8 Å². The molecule has 1 aliphatic rings. The van der Waals surface area contributed by atoms with Gasteiger partial charge in [0.05, 0.1) is 18.6 Å². The van der Waals surface area contributed by atoms with Gasteiger partial charge >= 0.3 is 5.97 Å². The van der Waals surface area contributed by atoms with E-state index in [-0.39, 0.29) is 36.5 Å². The molecule has 1 amide bonds. The quantitative estimate of drug-likeness (QED) is 0.677. The van der Waals surface area contributed by atoms with Gasteiger partial charge in [-0.1, -0.05) is 17.3 Å². The largest absolute Gasteiger partial charge is 0.466 e. The topological polar surface area (TPSA) is 85.5 Å². The Kier molecular flexibility index (Phi) is 6.73. The number of nitrogens with zero attached hydrogens (tertiary/aromatic N) is 3. The van der Waals surface area contributed by atoms with Crippen molar-refractivity contribution in [2.24, 2.45) is 5.92 Å². The summed E-state index contributed by atoms with van der Waals surface area (Å²) in [7, 11) is 0. The van der Waals surface area contributed by atoms with Crippen molar-refractivity contribution in [3.05, 3.63) is 36.0 Å². The summed E-state index contributed by atoms with van der Waals surface area (Å²) in [6, 6.07) is 6.28. The summed E-state index contributed by atoms with van der Waals surface area (Å²) in [4.78, 5) is 29.9. The second-order valence-electron chi connectivity index (χ2n) is 6.85. The van der Waals surface area contributed by atoms with E-state index in [0.29, 0.717) is 37.6 Å². The van der Waals surface area contributed by atoms with Crippen molar-refractivity contribution in [3.8, 4) is 11.4 Å². The van der Waals surface area contributed by atoms with Crippen LogP contribution in [0.15, 0.2) is 28.8 Å². The van der Waals surface area contributed by atoms with E-state index in [1.54, 1.807) is 30.0 Å². The molecule has 1 aliphatic heterocycles. The van der Waals surface area contributed by atoms with Crippen LogP contribution in [0.25, 0.3) is 11.4 Å². The van der Waals surface area contributed by atoms with Crippen molar-refractivity contribution < 1.29 is 23.2 Å². The van der Waals surface area contributed by atoms with Gasteiger partial charge in [0.2, 0.25) is 17.6 Å². The smallest absolute Gasteiger partial charge is 0.306 e. The minimum Gasteiger partial charge on any atom is -0.466 e. The molecule has 0 radical (unpaired) electrons. The van der Waals surface area contributed by atoms with Gasteiger partial charge in [0.15, 0.2) is 0 Å². The molecule has 150 valence electrons. The number of rotatable bonds is 7. The lowest BCUT2D eigenvalue weighted by molar-refractivity contribution is -0.146. The fourth-order valence-corrected chi connectivity index (χ4v) is 3.40. The highest BCUT2D eigenvalue weighted by Gasteiger charge is 2.26. The number of carbonyl (C=O) groups is 2. The lowest BCUT2D eigenvalue weighted by Crippen LogP contribution is -2.40. The predicted molar refractivity (Wildman–Crippen MR) is 98.6 cm³/mol. The van der Waals surface area contributed by atoms with Gasteiger partial charge in [-0.3, -0.25) is 9.59 Å². The first kappa shape index (κ1) is 20.0. The SMILES string of the molecule is CCOC(=O)CCC(=O)N1CCC[C@H](Cc2nc(-c3ccccc3F)no2)C1. The first-order valence-corrected chi connectivity index (χ1v) is 9.57. The Morgan fingerprint density at radius 2 is 2.14 bits per heavy atom. The number of piperidine rings is 1. The Morgan fingerprint density at radius 1 is 1.32 bits per heavy atom. The Bertz CT molecular complexity index is 823. The first-order valence-electron chi connectivity index (χ1n) is 9.57. The van der Waals surface area contributed by atoms with Gasteiger partial charge in [0.25, 0.3) is 0 Å². The summed E-state index contributed by atoms with van der Waals surface area (Å²) in [5.74, 6) is 0.0572. The van der Waals surface area contributed by atoms with Crippen LogP contribution >= 0.6 is 0 Å². The molecule has 0 aliphatic carbocycles. The molecule has 0 spiro atoms. The van der Waals surface area contributed by atoms with Crippen molar-refractivity contribution in [2.75, 3.05) is 19.7 Å². The van der Waals surface area contributed by atoms with Crippen LogP contribution in [-0.4, -0.2) is 46.6 Å². The van der Waals surface area contributed by atoms with Crippen LogP contribution in [0.2, 0.25) is 0 Å². The second-order valence-corrected chi connectivity index (χ2v) is 6.85. The number of carbonyl (C=O) groups excluding carboxylic acids is 2. The number of hydrogen-bond donors (Lipinski definition) is 0. The summed E-state index contributed by atoms with van der Waals surface area (Å²) < 4.78 is 24.0. The molecule has 0 bridgehead atoms. The van der Waals surface area contributed by atoms with Gasteiger partial charge in [-0.15, -0.1) is 0 Å². The minimum absolute atomic E-state index is 0.0460. The summed E-state index contributed by atoms with van der Waals surface area (Å²) in [6.45, 7) is 3.32. The second kappa shape index (κ2) is 9.43.